The smallest absolute Gasteiger partial charge is 0.249 e. The van der Waals surface area contributed by atoms with Crippen LogP contribution >= 0.6 is 0 Å². The lowest BCUT2D eigenvalue weighted by molar-refractivity contribution is 0.399. The van der Waals surface area contributed by atoms with Crippen molar-refractivity contribution in [3.8, 4) is 0 Å². The molecule has 2 aliphatic heterocycles. The fourth-order valence-electron chi connectivity index (χ4n) is 2.94. The second-order valence-corrected chi connectivity index (χ2v) is 7.12. The number of fused-ring (bicyclic) bond motifs is 2. The highest BCUT2D eigenvalue weighted by atomic mass is 32.2. The predicted molar refractivity (Wildman–Crippen MR) is 61.2 cm³/mol. The minimum absolute atomic E-state index is 0.101. The molecule has 0 unspecified atom stereocenters. The molecule has 1 aromatic rings. The van der Waals surface area contributed by atoms with Gasteiger partial charge in [-0.15, -0.1) is 10.2 Å². The van der Waals surface area contributed by atoms with Crippen molar-refractivity contribution in [2.24, 2.45) is 7.05 Å². The van der Waals surface area contributed by atoms with E-state index in [0.29, 0.717) is 24.9 Å². The second kappa shape index (κ2) is 3.78. The highest BCUT2D eigenvalue weighted by molar-refractivity contribution is 7.91. The van der Waals surface area contributed by atoms with Crippen LogP contribution in [0.25, 0.3) is 0 Å². The van der Waals surface area contributed by atoms with Crippen molar-refractivity contribution in [2.75, 3.05) is 0 Å². The fraction of sp³-hybridized carbons (Fsp3) is 0.800. The van der Waals surface area contributed by atoms with Crippen molar-refractivity contribution in [3.63, 3.8) is 0 Å². The second-order valence-electron chi connectivity index (χ2n) is 5.00. The van der Waals surface area contributed by atoms with Gasteiger partial charge < -0.3 is 9.88 Å². The molecule has 2 bridgehead atoms. The van der Waals surface area contributed by atoms with Gasteiger partial charge in [-0.25, -0.2) is 8.42 Å². The van der Waals surface area contributed by atoms with Gasteiger partial charge in [-0.2, -0.15) is 0 Å². The summed E-state index contributed by atoms with van der Waals surface area (Å²) in [5.41, 5.74) is 0. The van der Waals surface area contributed by atoms with E-state index in [-0.39, 0.29) is 10.4 Å². The highest BCUT2D eigenvalue weighted by Crippen LogP contribution is 2.32. The lowest BCUT2D eigenvalue weighted by Crippen LogP contribution is -2.43. The molecule has 1 aromatic heterocycles. The Morgan fingerprint density at radius 1 is 1.35 bits per heavy atom. The van der Waals surface area contributed by atoms with Crippen molar-refractivity contribution in [1.29, 1.82) is 0 Å². The molecule has 0 amide bonds. The summed E-state index contributed by atoms with van der Waals surface area (Å²) in [4.78, 5) is 0. The van der Waals surface area contributed by atoms with Crippen LogP contribution in [0.15, 0.2) is 11.5 Å². The summed E-state index contributed by atoms with van der Waals surface area (Å²) in [5.74, 6) is 0. The normalized spacial score (nSPS) is 32.9. The highest BCUT2D eigenvalue weighted by Gasteiger charge is 2.41. The van der Waals surface area contributed by atoms with Crippen LogP contribution in [0.2, 0.25) is 0 Å². The van der Waals surface area contributed by atoms with E-state index in [2.05, 4.69) is 15.5 Å². The van der Waals surface area contributed by atoms with Crippen molar-refractivity contribution in [2.45, 2.75) is 48.2 Å². The van der Waals surface area contributed by atoms with Gasteiger partial charge in [-0.3, -0.25) is 0 Å². The first kappa shape index (κ1) is 11.2. The summed E-state index contributed by atoms with van der Waals surface area (Å²) in [7, 11) is -1.66. The molecule has 0 aromatic carbocycles. The number of aromatic nitrogens is 3. The molecule has 2 fully saturated rings. The maximum Gasteiger partial charge on any atom is 0.249 e. The van der Waals surface area contributed by atoms with E-state index in [1.54, 1.807) is 7.05 Å². The average molecular weight is 256 g/mol. The molecule has 94 valence electrons. The van der Waals surface area contributed by atoms with Crippen LogP contribution in [-0.2, 0) is 16.9 Å². The summed E-state index contributed by atoms with van der Waals surface area (Å²) in [6.07, 6.45) is 5.02. The molecule has 6 nitrogen and oxygen atoms in total. The lowest BCUT2D eigenvalue weighted by atomic mass is 10.1. The van der Waals surface area contributed by atoms with Gasteiger partial charge in [0.1, 0.15) is 6.33 Å². The zero-order chi connectivity index (χ0) is 12.0. The molecule has 2 aliphatic rings. The van der Waals surface area contributed by atoms with Crippen LogP contribution in [0.3, 0.4) is 0 Å². The molecule has 3 heterocycles. The van der Waals surface area contributed by atoms with Gasteiger partial charge in [0.2, 0.25) is 15.0 Å². The third-order valence-electron chi connectivity index (χ3n) is 3.79. The van der Waals surface area contributed by atoms with Gasteiger partial charge in [0.25, 0.3) is 0 Å². The van der Waals surface area contributed by atoms with Gasteiger partial charge in [0.05, 0.1) is 5.25 Å². The molecule has 1 N–H and O–H groups in total. The van der Waals surface area contributed by atoms with E-state index in [1.807, 2.05) is 0 Å². The molecular formula is C10H16N4O2S. The standard InChI is InChI=1S/C10H16N4O2S/c1-14-6-11-13-10(14)17(15,16)9-4-7-2-3-8(5-9)12-7/h6-9,12H,2-5H2,1H3/t7-,8-/m0/s1. The molecular weight excluding hydrogens is 240 g/mol. The van der Waals surface area contributed by atoms with Crippen LogP contribution in [0, 0.1) is 0 Å². The predicted octanol–water partition coefficient (Wildman–Crippen LogP) is -0.128. The molecule has 2 atom stereocenters. The van der Waals surface area contributed by atoms with E-state index in [9.17, 15) is 8.42 Å². The first-order valence-electron chi connectivity index (χ1n) is 5.91. The van der Waals surface area contributed by atoms with Crippen LogP contribution in [-0.4, -0.2) is 40.5 Å². The van der Waals surface area contributed by atoms with Crippen molar-refractivity contribution >= 4 is 9.84 Å². The maximum atomic E-state index is 12.4. The first-order valence-corrected chi connectivity index (χ1v) is 7.46. The number of nitrogens with one attached hydrogen (secondary N) is 1. The Bertz CT molecular complexity index is 512. The van der Waals surface area contributed by atoms with Crippen LogP contribution in [0.1, 0.15) is 25.7 Å². The number of hydrogen-bond donors (Lipinski definition) is 1. The molecule has 0 saturated carbocycles. The van der Waals surface area contributed by atoms with E-state index >= 15 is 0 Å². The minimum Gasteiger partial charge on any atom is -0.311 e. The summed E-state index contributed by atoms with van der Waals surface area (Å²) in [5, 5.41) is 10.6. The maximum absolute atomic E-state index is 12.4. The van der Waals surface area contributed by atoms with Gasteiger partial charge in [-0.05, 0) is 25.7 Å². The number of rotatable bonds is 2. The van der Waals surface area contributed by atoms with E-state index in [1.165, 1.54) is 10.9 Å². The number of hydrogen-bond acceptors (Lipinski definition) is 5. The average Bonchev–Trinajstić information content (AvgIpc) is 2.85. The Balaban J connectivity index is 1.91. The van der Waals surface area contributed by atoms with E-state index in [4.69, 9.17) is 0 Å². The van der Waals surface area contributed by atoms with Crippen LogP contribution < -0.4 is 5.32 Å². The molecule has 0 aliphatic carbocycles. The lowest BCUT2D eigenvalue weighted by Gasteiger charge is -2.28. The van der Waals surface area contributed by atoms with Crippen molar-refractivity contribution in [1.82, 2.24) is 20.1 Å². The minimum atomic E-state index is -3.33. The Labute approximate surface area is 100 Å². The van der Waals surface area contributed by atoms with Gasteiger partial charge >= 0.3 is 0 Å². The zero-order valence-electron chi connectivity index (χ0n) is 9.70. The monoisotopic (exact) mass is 256 g/mol. The molecule has 7 heteroatoms. The van der Waals surface area contributed by atoms with Crippen molar-refractivity contribution < 1.29 is 8.42 Å². The van der Waals surface area contributed by atoms with Gasteiger partial charge in [0.15, 0.2) is 0 Å². The Morgan fingerprint density at radius 3 is 2.53 bits per heavy atom. The SMILES string of the molecule is Cn1cnnc1S(=O)(=O)C1C[C@@H]2CC[C@@H](C1)N2. The third-order valence-corrected chi connectivity index (χ3v) is 5.93. The summed E-state index contributed by atoms with van der Waals surface area (Å²) in [6.45, 7) is 0. The molecule has 17 heavy (non-hydrogen) atoms. The van der Waals surface area contributed by atoms with Gasteiger partial charge in [0, 0.05) is 19.1 Å². The number of sulfone groups is 1. The van der Waals surface area contributed by atoms with E-state index < -0.39 is 9.84 Å². The molecule has 0 spiro atoms. The molecule has 3 rings (SSSR count). The summed E-state index contributed by atoms with van der Waals surface area (Å²) < 4.78 is 26.4. The Hall–Kier alpha value is -0.950. The van der Waals surface area contributed by atoms with Crippen LogP contribution in [0.5, 0.6) is 0 Å². The summed E-state index contributed by atoms with van der Waals surface area (Å²) >= 11 is 0. The summed E-state index contributed by atoms with van der Waals surface area (Å²) in [6, 6.07) is 0.725. The Kier molecular flexibility index (Phi) is 2.48. The number of piperidine rings is 1. The number of nitrogens with zero attached hydrogens (tertiary/aromatic N) is 3. The third kappa shape index (κ3) is 1.77. The number of aryl methyl sites for hydroxylation is 1. The van der Waals surface area contributed by atoms with Crippen molar-refractivity contribution in [3.05, 3.63) is 6.33 Å². The Morgan fingerprint density at radius 2 is 2.00 bits per heavy atom. The molecule has 2 saturated heterocycles. The zero-order valence-corrected chi connectivity index (χ0v) is 10.5. The quantitative estimate of drug-likeness (QED) is 0.797. The first-order chi connectivity index (χ1) is 8.07. The molecule has 0 radical (unpaired) electrons. The largest absolute Gasteiger partial charge is 0.311 e. The van der Waals surface area contributed by atoms with E-state index in [0.717, 1.165) is 12.8 Å². The van der Waals surface area contributed by atoms with Gasteiger partial charge in [-0.1, -0.05) is 0 Å². The van der Waals surface area contributed by atoms with Crippen LogP contribution in [0.4, 0.5) is 0 Å². The fourth-order valence-corrected chi connectivity index (χ4v) is 4.82. The topological polar surface area (TPSA) is 76.9 Å².